The minimum atomic E-state index is -0.602. The number of carbonyl (C=O) groups is 1. The molecule has 2 N–H and O–H groups in total. The average Bonchev–Trinajstić information content (AvgIpc) is 3.29. The van der Waals surface area contributed by atoms with Crippen LogP contribution < -0.4 is 5.73 Å². The molecular formula is C17H13N5O3. The van der Waals surface area contributed by atoms with Crippen LogP contribution in [0.2, 0.25) is 0 Å². The van der Waals surface area contributed by atoms with E-state index in [2.05, 4.69) is 15.0 Å². The van der Waals surface area contributed by atoms with Crippen molar-refractivity contribution in [1.82, 2.24) is 19.5 Å². The van der Waals surface area contributed by atoms with Gasteiger partial charge in [-0.15, -0.1) is 0 Å². The molecule has 0 saturated carbocycles. The molecule has 4 rings (SSSR count). The number of hydrogen-bond donors (Lipinski definition) is 1. The van der Waals surface area contributed by atoms with Crippen LogP contribution in [-0.4, -0.2) is 25.6 Å². The highest BCUT2D eigenvalue weighted by Gasteiger charge is 2.19. The highest BCUT2D eigenvalue weighted by molar-refractivity contribution is 5.91. The number of nitrogens with two attached hydrogens (primary N) is 1. The maximum absolute atomic E-state index is 12.4. The van der Waals surface area contributed by atoms with Crippen LogP contribution in [0.3, 0.4) is 0 Å². The largest absolute Gasteiger partial charge is 0.463 e. The molecule has 0 spiro atoms. The first-order valence-corrected chi connectivity index (χ1v) is 7.48. The van der Waals surface area contributed by atoms with Crippen LogP contribution in [0.15, 0.2) is 59.5 Å². The lowest BCUT2D eigenvalue weighted by Crippen LogP contribution is -2.13. The van der Waals surface area contributed by atoms with E-state index in [1.54, 1.807) is 12.1 Å². The molecule has 0 radical (unpaired) electrons. The summed E-state index contributed by atoms with van der Waals surface area (Å²) in [5, 5.41) is 0. The van der Waals surface area contributed by atoms with Crippen LogP contribution in [0, 0.1) is 0 Å². The van der Waals surface area contributed by atoms with E-state index in [9.17, 15) is 4.79 Å². The van der Waals surface area contributed by atoms with Crippen LogP contribution in [0.1, 0.15) is 5.56 Å². The minimum Gasteiger partial charge on any atom is -0.463 e. The normalized spacial score (nSPS) is 10.9. The molecule has 8 heteroatoms. The molecular weight excluding hydrogens is 322 g/mol. The predicted molar refractivity (Wildman–Crippen MR) is 89.5 cm³/mol. The van der Waals surface area contributed by atoms with Gasteiger partial charge >= 0.3 is 6.09 Å². The number of carbonyl (C=O) groups excluding carboxylic acids is 1. The first kappa shape index (κ1) is 14.9. The van der Waals surface area contributed by atoms with Crippen LogP contribution in [0.5, 0.6) is 0 Å². The third-order valence-corrected chi connectivity index (χ3v) is 3.57. The summed E-state index contributed by atoms with van der Waals surface area (Å²) in [4.78, 5) is 24.9. The van der Waals surface area contributed by atoms with E-state index < -0.39 is 6.09 Å². The van der Waals surface area contributed by atoms with Crippen molar-refractivity contribution < 1.29 is 13.9 Å². The standard InChI is InChI=1S/C17H13N5O3/c18-16-20-13(12-7-4-8-24-12)14-15(21-16)22(10-19-14)17(23)25-9-11-5-2-1-3-6-11/h1-8,10H,9H2,(H2,18,20,21). The van der Waals surface area contributed by atoms with Gasteiger partial charge in [0.2, 0.25) is 5.95 Å². The summed E-state index contributed by atoms with van der Waals surface area (Å²) in [6.45, 7) is 0.144. The van der Waals surface area contributed by atoms with Gasteiger partial charge in [-0.2, -0.15) is 4.98 Å². The molecule has 0 saturated heterocycles. The highest BCUT2D eigenvalue weighted by atomic mass is 16.5. The molecule has 3 aromatic heterocycles. The summed E-state index contributed by atoms with van der Waals surface area (Å²) in [5.41, 5.74) is 7.73. The Labute approximate surface area is 141 Å². The zero-order chi connectivity index (χ0) is 17.2. The number of hydrogen-bond acceptors (Lipinski definition) is 7. The van der Waals surface area contributed by atoms with Gasteiger partial charge in [-0.05, 0) is 17.7 Å². The number of fused-ring (bicyclic) bond motifs is 1. The Morgan fingerprint density at radius 2 is 2.00 bits per heavy atom. The number of furan rings is 1. The quantitative estimate of drug-likeness (QED) is 0.613. The Balaban J connectivity index is 1.67. The van der Waals surface area contributed by atoms with Gasteiger partial charge in [-0.3, -0.25) is 0 Å². The molecule has 1 aromatic carbocycles. The summed E-state index contributed by atoms with van der Waals surface area (Å²) in [7, 11) is 0. The molecule has 0 amide bonds. The second-order valence-electron chi connectivity index (χ2n) is 5.23. The fourth-order valence-electron chi connectivity index (χ4n) is 2.42. The smallest absolute Gasteiger partial charge is 0.421 e. The van der Waals surface area contributed by atoms with Gasteiger partial charge in [0.05, 0.1) is 6.26 Å². The van der Waals surface area contributed by atoms with Gasteiger partial charge in [-0.1, -0.05) is 30.3 Å². The van der Waals surface area contributed by atoms with E-state index in [0.717, 1.165) is 5.56 Å². The molecule has 4 aromatic rings. The SMILES string of the molecule is Nc1nc(-c2ccco2)c2ncn(C(=O)OCc3ccccc3)c2n1. The lowest BCUT2D eigenvalue weighted by atomic mass is 10.2. The molecule has 0 aliphatic rings. The fraction of sp³-hybridized carbons (Fsp3) is 0.0588. The maximum Gasteiger partial charge on any atom is 0.421 e. The Bertz CT molecular complexity index is 1030. The summed E-state index contributed by atoms with van der Waals surface area (Å²) >= 11 is 0. The highest BCUT2D eigenvalue weighted by Crippen LogP contribution is 2.26. The zero-order valence-electron chi connectivity index (χ0n) is 13.0. The van der Waals surface area contributed by atoms with Crippen molar-refractivity contribution in [1.29, 1.82) is 0 Å². The number of imidazole rings is 1. The number of nitrogen functional groups attached to an aromatic ring is 1. The second kappa shape index (κ2) is 6.08. The van der Waals surface area contributed by atoms with Crippen molar-refractivity contribution in [3.05, 3.63) is 60.6 Å². The van der Waals surface area contributed by atoms with E-state index in [0.29, 0.717) is 17.0 Å². The van der Waals surface area contributed by atoms with Gasteiger partial charge in [0, 0.05) is 0 Å². The van der Waals surface area contributed by atoms with Gasteiger partial charge in [0.1, 0.15) is 24.1 Å². The topological polar surface area (TPSA) is 109 Å². The lowest BCUT2D eigenvalue weighted by molar-refractivity contribution is 0.142. The third-order valence-electron chi connectivity index (χ3n) is 3.57. The average molecular weight is 335 g/mol. The van der Waals surface area contributed by atoms with Crippen molar-refractivity contribution in [2.45, 2.75) is 6.61 Å². The maximum atomic E-state index is 12.4. The van der Waals surface area contributed by atoms with Crippen molar-refractivity contribution in [3.63, 3.8) is 0 Å². The number of ether oxygens (including phenoxy) is 1. The summed E-state index contributed by atoms with van der Waals surface area (Å²) < 4.78 is 11.9. The van der Waals surface area contributed by atoms with Crippen molar-refractivity contribution in [2.75, 3.05) is 5.73 Å². The summed E-state index contributed by atoms with van der Waals surface area (Å²) in [6.07, 6.45) is 2.25. The molecule has 8 nitrogen and oxygen atoms in total. The molecule has 3 heterocycles. The first-order chi connectivity index (χ1) is 12.2. The molecule has 0 unspecified atom stereocenters. The van der Waals surface area contributed by atoms with Crippen LogP contribution in [0.25, 0.3) is 22.6 Å². The van der Waals surface area contributed by atoms with Gasteiger partial charge in [-0.25, -0.2) is 19.3 Å². The van der Waals surface area contributed by atoms with Crippen molar-refractivity contribution in [2.24, 2.45) is 0 Å². The van der Waals surface area contributed by atoms with Crippen LogP contribution in [0.4, 0.5) is 10.7 Å². The van der Waals surface area contributed by atoms with E-state index >= 15 is 0 Å². The van der Waals surface area contributed by atoms with Crippen molar-refractivity contribution in [3.8, 4) is 11.5 Å². The number of anilines is 1. The first-order valence-electron chi connectivity index (χ1n) is 7.48. The van der Waals surface area contributed by atoms with E-state index in [-0.39, 0.29) is 18.2 Å². The molecule has 0 atom stereocenters. The van der Waals surface area contributed by atoms with Crippen LogP contribution >= 0.6 is 0 Å². The minimum absolute atomic E-state index is 0.0107. The fourth-order valence-corrected chi connectivity index (χ4v) is 2.42. The summed E-state index contributed by atoms with van der Waals surface area (Å²) in [5.74, 6) is 0.499. The number of nitrogens with zero attached hydrogens (tertiary/aromatic N) is 4. The van der Waals surface area contributed by atoms with E-state index in [1.807, 2.05) is 30.3 Å². The van der Waals surface area contributed by atoms with E-state index in [1.165, 1.54) is 17.2 Å². The van der Waals surface area contributed by atoms with Crippen molar-refractivity contribution >= 4 is 23.2 Å². The second-order valence-corrected chi connectivity index (χ2v) is 5.23. The van der Waals surface area contributed by atoms with Gasteiger partial charge < -0.3 is 14.9 Å². The Kier molecular flexibility index (Phi) is 3.62. The Hall–Kier alpha value is -3.68. The van der Waals surface area contributed by atoms with Gasteiger partial charge in [0.15, 0.2) is 11.4 Å². The van der Waals surface area contributed by atoms with E-state index in [4.69, 9.17) is 14.9 Å². The summed E-state index contributed by atoms with van der Waals surface area (Å²) in [6, 6.07) is 12.8. The molecule has 0 fully saturated rings. The van der Waals surface area contributed by atoms with Gasteiger partial charge in [0.25, 0.3) is 0 Å². The predicted octanol–water partition coefficient (Wildman–Crippen LogP) is 2.85. The molecule has 0 bridgehead atoms. The molecule has 0 aliphatic heterocycles. The Morgan fingerprint density at radius 1 is 1.16 bits per heavy atom. The number of benzene rings is 1. The third kappa shape index (κ3) is 2.80. The number of rotatable bonds is 3. The van der Waals surface area contributed by atoms with Crippen LogP contribution in [-0.2, 0) is 11.3 Å². The number of aromatic nitrogens is 4. The zero-order valence-corrected chi connectivity index (χ0v) is 13.0. The molecule has 0 aliphatic carbocycles. The monoisotopic (exact) mass is 335 g/mol. The molecule has 124 valence electrons. The molecule has 25 heavy (non-hydrogen) atoms. The lowest BCUT2D eigenvalue weighted by Gasteiger charge is -2.06. The Morgan fingerprint density at radius 3 is 2.76 bits per heavy atom.